The van der Waals surface area contributed by atoms with Crippen LogP contribution in [0.1, 0.15) is 16.7 Å². The van der Waals surface area contributed by atoms with Gasteiger partial charge in [-0.15, -0.1) is 6.58 Å². The lowest BCUT2D eigenvalue weighted by Gasteiger charge is -2.06. The van der Waals surface area contributed by atoms with E-state index in [1.165, 1.54) is 0 Å². The average molecular weight is 350 g/mol. The predicted molar refractivity (Wildman–Crippen MR) is 103 cm³/mol. The minimum atomic E-state index is 0.193. The lowest BCUT2D eigenvalue weighted by molar-refractivity contribution is 0.469. The van der Waals surface area contributed by atoms with Crippen LogP contribution in [0.15, 0.2) is 60.2 Å². The summed E-state index contributed by atoms with van der Waals surface area (Å²) in [6.07, 6.45) is 3.92. The molecule has 0 atom stereocenters. The monoisotopic (exact) mass is 350 g/mol. The molecule has 0 aliphatic heterocycles. The van der Waals surface area contributed by atoms with Gasteiger partial charge >= 0.3 is 0 Å². The fourth-order valence-corrected chi connectivity index (χ4v) is 2.73. The van der Waals surface area contributed by atoms with Gasteiger partial charge in [0.1, 0.15) is 5.75 Å². The van der Waals surface area contributed by atoms with Gasteiger partial charge in [-0.25, -0.2) is 5.10 Å². The number of allylic oxidation sites excluding steroid dienone is 1. The molecule has 0 aliphatic rings. The maximum atomic E-state index is 10.4. The summed E-state index contributed by atoms with van der Waals surface area (Å²) < 4.78 is 1.94. The Balaban J connectivity index is 2.03. The third-order valence-corrected chi connectivity index (χ3v) is 4.13. The summed E-state index contributed by atoms with van der Waals surface area (Å²) in [5.74, 6) is 0.819. The molecule has 0 fully saturated rings. The molecule has 0 spiro atoms. The number of nitrogens with one attached hydrogen (secondary N) is 1. The Morgan fingerprint density at radius 2 is 2.08 bits per heavy atom. The zero-order chi connectivity index (χ0) is 17.8. The van der Waals surface area contributed by atoms with E-state index in [1.54, 1.807) is 23.0 Å². The number of rotatable bonds is 5. The molecule has 0 saturated heterocycles. The van der Waals surface area contributed by atoms with Crippen molar-refractivity contribution in [3.05, 3.63) is 76.6 Å². The zero-order valence-corrected chi connectivity index (χ0v) is 14.6. The van der Waals surface area contributed by atoms with Crippen molar-refractivity contribution in [3.8, 4) is 17.1 Å². The molecule has 1 heterocycles. The zero-order valence-electron chi connectivity index (χ0n) is 13.8. The van der Waals surface area contributed by atoms with Crippen LogP contribution in [0, 0.1) is 11.7 Å². The van der Waals surface area contributed by atoms with Gasteiger partial charge in [0.2, 0.25) is 4.77 Å². The summed E-state index contributed by atoms with van der Waals surface area (Å²) in [5.41, 5.74) is 3.42. The smallest absolute Gasteiger partial charge is 0.216 e. The summed E-state index contributed by atoms with van der Waals surface area (Å²) in [6, 6.07) is 13.4. The Kier molecular flexibility index (Phi) is 4.90. The molecule has 2 N–H and O–H groups in total. The number of para-hydroxylation sites is 1. The van der Waals surface area contributed by atoms with E-state index >= 15 is 0 Å². The summed E-state index contributed by atoms with van der Waals surface area (Å²) in [4.78, 5) is 0. The van der Waals surface area contributed by atoms with Crippen LogP contribution >= 0.6 is 12.2 Å². The van der Waals surface area contributed by atoms with Crippen molar-refractivity contribution in [2.24, 2.45) is 5.10 Å². The highest BCUT2D eigenvalue weighted by atomic mass is 32.1. The molecule has 0 amide bonds. The summed E-state index contributed by atoms with van der Waals surface area (Å²) in [7, 11) is 0. The van der Waals surface area contributed by atoms with Crippen LogP contribution < -0.4 is 0 Å². The molecule has 0 aliphatic carbocycles. The van der Waals surface area contributed by atoms with Gasteiger partial charge in [0.15, 0.2) is 5.82 Å². The van der Waals surface area contributed by atoms with Crippen LogP contribution in [0.25, 0.3) is 11.4 Å². The lowest BCUT2D eigenvalue weighted by atomic mass is 10.1. The molecule has 5 nitrogen and oxygen atoms in total. The van der Waals surface area contributed by atoms with Crippen LogP contribution in [0.2, 0.25) is 0 Å². The SMILES string of the molecule is C=CCc1cccc(/C=N/n2c(-c3ccccc3C)n[nH]c2=S)c1O. The second-order valence-corrected chi connectivity index (χ2v) is 5.96. The van der Waals surface area contributed by atoms with E-state index in [4.69, 9.17) is 12.2 Å². The molecule has 3 rings (SSSR count). The molecule has 0 bridgehead atoms. The standard InChI is InChI=1S/C19H18N4OS/c1-3-7-14-9-6-10-15(17(14)24)12-20-23-18(21-22-19(23)25)16-11-5-4-8-13(16)2/h3-6,8-12,24H,1,7H2,2H3,(H,22,25)/b20-12+. The van der Waals surface area contributed by atoms with Gasteiger partial charge in [-0.3, -0.25) is 0 Å². The fourth-order valence-electron chi connectivity index (χ4n) is 2.55. The molecule has 0 radical (unpaired) electrons. The fraction of sp³-hybridized carbons (Fsp3) is 0.105. The third kappa shape index (κ3) is 3.44. The normalized spacial score (nSPS) is 11.1. The van der Waals surface area contributed by atoms with Crippen molar-refractivity contribution in [2.45, 2.75) is 13.3 Å². The quantitative estimate of drug-likeness (QED) is 0.411. The van der Waals surface area contributed by atoms with Gasteiger partial charge in [0.25, 0.3) is 0 Å². The van der Waals surface area contributed by atoms with E-state index in [1.807, 2.05) is 43.3 Å². The van der Waals surface area contributed by atoms with Gasteiger partial charge in [-0.05, 0) is 42.8 Å². The maximum absolute atomic E-state index is 10.4. The second-order valence-electron chi connectivity index (χ2n) is 5.57. The van der Waals surface area contributed by atoms with Crippen molar-refractivity contribution in [1.29, 1.82) is 0 Å². The van der Waals surface area contributed by atoms with Crippen LogP contribution in [0.3, 0.4) is 0 Å². The molecular formula is C19H18N4OS. The largest absolute Gasteiger partial charge is 0.507 e. The highest BCUT2D eigenvalue weighted by Crippen LogP contribution is 2.23. The number of benzene rings is 2. The molecule has 3 aromatic rings. The van der Waals surface area contributed by atoms with Gasteiger partial charge in [-0.1, -0.05) is 42.5 Å². The minimum Gasteiger partial charge on any atom is -0.507 e. The first-order valence-corrected chi connectivity index (χ1v) is 8.22. The maximum Gasteiger partial charge on any atom is 0.216 e. The molecule has 0 unspecified atom stereocenters. The molecule has 126 valence electrons. The highest BCUT2D eigenvalue weighted by Gasteiger charge is 2.10. The molecule has 1 aromatic heterocycles. The molecule has 25 heavy (non-hydrogen) atoms. The Hall–Kier alpha value is -2.99. The molecule has 0 saturated carbocycles. The number of aryl methyl sites for hydroxylation is 1. The molecular weight excluding hydrogens is 332 g/mol. The molecule has 6 heteroatoms. The summed E-state index contributed by atoms with van der Waals surface area (Å²) >= 11 is 5.29. The number of aromatic nitrogens is 3. The topological polar surface area (TPSA) is 66.2 Å². The summed E-state index contributed by atoms with van der Waals surface area (Å²) in [6.45, 7) is 5.71. The number of hydrogen-bond acceptors (Lipinski definition) is 4. The number of nitrogens with zero attached hydrogens (tertiary/aromatic N) is 3. The van der Waals surface area contributed by atoms with Crippen molar-refractivity contribution in [2.75, 3.05) is 0 Å². The van der Waals surface area contributed by atoms with Crippen LogP contribution in [0.5, 0.6) is 5.75 Å². The van der Waals surface area contributed by atoms with Crippen molar-refractivity contribution in [3.63, 3.8) is 0 Å². The Bertz CT molecular complexity index is 1000. The van der Waals surface area contributed by atoms with E-state index in [0.29, 0.717) is 22.6 Å². The number of aromatic hydroxyl groups is 1. The number of H-pyrrole nitrogens is 1. The Morgan fingerprint density at radius 1 is 1.28 bits per heavy atom. The first-order valence-electron chi connectivity index (χ1n) is 7.81. The van der Waals surface area contributed by atoms with E-state index in [0.717, 1.165) is 16.7 Å². The first kappa shape index (κ1) is 16.9. The van der Waals surface area contributed by atoms with Crippen molar-refractivity contribution >= 4 is 18.4 Å². The van der Waals surface area contributed by atoms with Crippen LogP contribution in [0.4, 0.5) is 0 Å². The van der Waals surface area contributed by atoms with Gasteiger partial charge in [0, 0.05) is 11.1 Å². The van der Waals surface area contributed by atoms with Crippen molar-refractivity contribution in [1.82, 2.24) is 14.9 Å². The van der Waals surface area contributed by atoms with Crippen LogP contribution in [-0.4, -0.2) is 26.2 Å². The number of hydrogen-bond donors (Lipinski definition) is 2. The van der Waals surface area contributed by atoms with Gasteiger partial charge < -0.3 is 5.11 Å². The van der Waals surface area contributed by atoms with E-state index in [9.17, 15) is 5.11 Å². The lowest BCUT2D eigenvalue weighted by Crippen LogP contribution is -1.97. The average Bonchev–Trinajstić information content (AvgIpc) is 2.97. The predicted octanol–water partition coefficient (Wildman–Crippen LogP) is 4.23. The minimum absolute atomic E-state index is 0.193. The number of aromatic amines is 1. The van der Waals surface area contributed by atoms with Crippen molar-refractivity contribution < 1.29 is 5.11 Å². The number of phenolic OH excluding ortho intramolecular Hbond substituents is 1. The summed E-state index contributed by atoms with van der Waals surface area (Å²) in [5, 5.41) is 21.8. The Labute approximate surface area is 151 Å². The third-order valence-electron chi connectivity index (χ3n) is 3.86. The van der Waals surface area contributed by atoms with Crippen LogP contribution in [-0.2, 0) is 6.42 Å². The van der Waals surface area contributed by atoms with E-state index in [2.05, 4.69) is 21.9 Å². The first-order chi connectivity index (χ1) is 12.1. The molecule has 2 aromatic carbocycles. The highest BCUT2D eigenvalue weighted by molar-refractivity contribution is 7.71. The van der Waals surface area contributed by atoms with E-state index in [-0.39, 0.29) is 5.75 Å². The van der Waals surface area contributed by atoms with Gasteiger partial charge in [0.05, 0.1) is 6.21 Å². The van der Waals surface area contributed by atoms with E-state index < -0.39 is 0 Å². The van der Waals surface area contributed by atoms with Gasteiger partial charge in [-0.2, -0.15) is 14.9 Å². The second kappa shape index (κ2) is 7.27. The number of phenols is 1. The Morgan fingerprint density at radius 3 is 2.84 bits per heavy atom.